The van der Waals surface area contributed by atoms with Gasteiger partial charge in [-0.2, -0.15) is 0 Å². The lowest BCUT2D eigenvalue weighted by atomic mass is 10.3. The number of ether oxygens (including phenoxy) is 1. The normalized spacial score (nSPS) is 10.6. The molecule has 100 valence electrons. The third-order valence-electron chi connectivity index (χ3n) is 3.05. The van der Waals surface area contributed by atoms with Crippen LogP contribution in [-0.2, 0) is 0 Å². The molecule has 2 aromatic carbocycles. The molecule has 0 unspecified atom stereocenters. The maximum absolute atomic E-state index is 12.2. The van der Waals surface area contributed by atoms with Crippen molar-refractivity contribution in [3.05, 3.63) is 60.9 Å². The highest BCUT2D eigenvalue weighted by atomic mass is 16.5. The van der Waals surface area contributed by atoms with Gasteiger partial charge in [0.05, 0.1) is 24.1 Å². The largest absolute Gasteiger partial charge is 0.493 e. The van der Waals surface area contributed by atoms with Gasteiger partial charge in [0.2, 0.25) is 5.91 Å². The maximum Gasteiger partial charge on any atom is 0.235 e. The molecular formula is C16H14N2O2. The molecule has 1 heterocycles. The van der Waals surface area contributed by atoms with Crippen LogP contribution >= 0.6 is 0 Å². The first kappa shape index (κ1) is 12.4. The standard InChI is InChI=1S/C16H14N2O2/c19-16(10-11-20-13-6-2-1-3-7-13)18-12-17-14-8-4-5-9-15(14)18/h1-9,12H,10-11H2. The van der Waals surface area contributed by atoms with Gasteiger partial charge in [-0.05, 0) is 24.3 Å². The van der Waals surface area contributed by atoms with E-state index in [0.717, 1.165) is 16.8 Å². The molecule has 4 nitrogen and oxygen atoms in total. The van der Waals surface area contributed by atoms with Gasteiger partial charge in [0.1, 0.15) is 12.1 Å². The molecule has 0 aliphatic rings. The Balaban J connectivity index is 1.65. The lowest BCUT2D eigenvalue weighted by Gasteiger charge is -2.06. The number of hydrogen-bond acceptors (Lipinski definition) is 3. The van der Waals surface area contributed by atoms with Gasteiger partial charge in [-0.1, -0.05) is 30.3 Å². The molecule has 4 heteroatoms. The van der Waals surface area contributed by atoms with Crippen LogP contribution < -0.4 is 4.74 Å². The SMILES string of the molecule is O=C(CCOc1ccccc1)n1cnc2ccccc21. The zero-order valence-electron chi connectivity index (χ0n) is 10.9. The number of imidazole rings is 1. The van der Waals surface area contributed by atoms with Crippen LogP contribution in [0.5, 0.6) is 5.75 Å². The molecule has 0 aliphatic carbocycles. The van der Waals surface area contributed by atoms with Crippen LogP contribution in [0.4, 0.5) is 0 Å². The molecule has 3 aromatic rings. The summed E-state index contributed by atoms with van der Waals surface area (Å²) in [6.07, 6.45) is 1.88. The molecule has 0 spiro atoms. The Morgan fingerprint density at radius 2 is 1.80 bits per heavy atom. The Kier molecular flexibility index (Phi) is 3.46. The lowest BCUT2D eigenvalue weighted by Crippen LogP contribution is -2.13. The van der Waals surface area contributed by atoms with Gasteiger partial charge >= 0.3 is 0 Å². The van der Waals surface area contributed by atoms with Gasteiger partial charge in [-0.25, -0.2) is 4.98 Å². The third kappa shape index (κ3) is 2.54. The molecule has 0 fully saturated rings. The molecule has 3 rings (SSSR count). The fourth-order valence-corrected chi connectivity index (χ4v) is 2.05. The maximum atomic E-state index is 12.2. The van der Waals surface area contributed by atoms with E-state index in [-0.39, 0.29) is 5.91 Å². The highest BCUT2D eigenvalue weighted by molar-refractivity contribution is 5.90. The summed E-state index contributed by atoms with van der Waals surface area (Å²) >= 11 is 0. The second-order valence-electron chi connectivity index (χ2n) is 4.41. The van der Waals surface area contributed by atoms with Gasteiger partial charge in [-0.3, -0.25) is 9.36 Å². The summed E-state index contributed by atoms with van der Waals surface area (Å²) in [4.78, 5) is 16.4. The zero-order valence-corrected chi connectivity index (χ0v) is 10.9. The van der Waals surface area contributed by atoms with E-state index in [1.807, 2.05) is 54.6 Å². The average Bonchev–Trinajstić information content (AvgIpc) is 2.92. The van der Waals surface area contributed by atoms with Crippen molar-refractivity contribution in [2.75, 3.05) is 6.61 Å². The summed E-state index contributed by atoms with van der Waals surface area (Å²) < 4.78 is 7.11. The molecular weight excluding hydrogens is 252 g/mol. The van der Waals surface area contributed by atoms with Crippen molar-refractivity contribution < 1.29 is 9.53 Å². The third-order valence-corrected chi connectivity index (χ3v) is 3.05. The number of benzene rings is 2. The first-order valence-electron chi connectivity index (χ1n) is 6.48. The monoisotopic (exact) mass is 266 g/mol. The van der Waals surface area contributed by atoms with Crippen molar-refractivity contribution in [3.8, 4) is 5.75 Å². The number of carbonyl (C=O) groups excluding carboxylic acids is 1. The Hall–Kier alpha value is -2.62. The predicted molar refractivity (Wildman–Crippen MR) is 76.9 cm³/mol. The molecule has 20 heavy (non-hydrogen) atoms. The van der Waals surface area contributed by atoms with Crippen LogP contribution in [0.2, 0.25) is 0 Å². The summed E-state index contributed by atoms with van der Waals surface area (Å²) in [6.45, 7) is 0.357. The highest BCUT2D eigenvalue weighted by Crippen LogP contribution is 2.13. The summed E-state index contributed by atoms with van der Waals surface area (Å²) in [5.74, 6) is 0.755. The minimum Gasteiger partial charge on any atom is -0.493 e. The number of carbonyl (C=O) groups is 1. The molecule has 0 radical (unpaired) electrons. The van der Waals surface area contributed by atoms with Crippen molar-refractivity contribution in [2.24, 2.45) is 0 Å². The summed E-state index contributed by atoms with van der Waals surface area (Å²) in [6, 6.07) is 17.1. The van der Waals surface area contributed by atoms with E-state index in [9.17, 15) is 4.79 Å². The van der Waals surface area contributed by atoms with Crippen LogP contribution in [0, 0.1) is 0 Å². The molecule has 0 N–H and O–H groups in total. The molecule has 0 atom stereocenters. The van der Waals surface area contributed by atoms with Crippen LogP contribution in [0.1, 0.15) is 11.2 Å². The van der Waals surface area contributed by atoms with Crippen LogP contribution in [0.15, 0.2) is 60.9 Å². The number of fused-ring (bicyclic) bond motifs is 1. The number of rotatable bonds is 4. The second-order valence-corrected chi connectivity index (χ2v) is 4.41. The van der Waals surface area contributed by atoms with Crippen molar-refractivity contribution in [1.82, 2.24) is 9.55 Å². The van der Waals surface area contributed by atoms with Crippen molar-refractivity contribution >= 4 is 16.9 Å². The number of nitrogens with zero attached hydrogens (tertiary/aromatic N) is 2. The fourth-order valence-electron chi connectivity index (χ4n) is 2.05. The van der Waals surface area contributed by atoms with E-state index in [0.29, 0.717) is 13.0 Å². The number of aromatic nitrogens is 2. The molecule has 0 saturated heterocycles. The van der Waals surface area contributed by atoms with Gasteiger partial charge in [0.15, 0.2) is 0 Å². The summed E-state index contributed by atoms with van der Waals surface area (Å²) in [7, 11) is 0. The molecule has 1 aromatic heterocycles. The highest BCUT2D eigenvalue weighted by Gasteiger charge is 2.09. The second kappa shape index (κ2) is 5.57. The lowest BCUT2D eigenvalue weighted by molar-refractivity contribution is 0.0886. The van der Waals surface area contributed by atoms with Crippen LogP contribution in [0.25, 0.3) is 11.0 Å². The summed E-state index contributed by atoms with van der Waals surface area (Å²) in [5.41, 5.74) is 1.65. The average molecular weight is 266 g/mol. The van der Waals surface area contributed by atoms with E-state index >= 15 is 0 Å². The number of para-hydroxylation sites is 3. The van der Waals surface area contributed by atoms with Gasteiger partial charge in [0.25, 0.3) is 0 Å². The molecule has 0 saturated carbocycles. The van der Waals surface area contributed by atoms with Crippen LogP contribution in [0.3, 0.4) is 0 Å². The number of hydrogen-bond donors (Lipinski definition) is 0. The molecule has 0 amide bonds. The Bertz CT molecular complexity index is 719. The first-order chi connectivity index (χ1) is 9.84. The first-order valence-corrected chi connectivity index (χ1v) is 6.48. The minimum atomic E-state index is -0.0189. The van der Waals surface area contributed by atoms with E-state index in [1.165, 1.54) is 0 Å². The summed E-state index contributed by atoms with van der Waals surface area (Å²) in [5, 5.41) is 0. The van der Waals surface area contributed by atoms with Crippen molar-refractivity contribution in [2.45, 2.75) is 6.42 Å². The smallest absolute Gasteiger partial charge is 0.235 e. The fraction of sp³-hybridized carbons (Fsp3) is 0.125. The zero-order chi connectivity index (χ0) is 13.8. The van der Waals surface area contributed by atoms with E-state index < -0.39 is 0 Å². The van der Waals surface area contributed by atoms with Gasteiger partial charge in [0, 0.05) is 0 Å². The van der Waals surface area contributed by atoms with E-state index in [1.54, 1.807) is 10.9 Å². The van der Waals surface area contributed by atoms with Crippen molar-refractivity contribution in [1.29, 1.82) is 0 Å². The van der Waals surface area contributed by atoms with Crippen LogP contribution in [-0.4, -0.2) is 22.1 Å². The Morgan fingerprint density at radius 3 is 2.65 bits per heavy atom. The minimum absolute atomic E-state index is 0.0189. The molecule has 0 aliphatic heterocycles. The predicted octanol–water partition coefficient (Wildman–Crippen LogP) is 3.15. The van der Waals surface area contributed by atoms with E-state index in [2.05, 4.69) is 4.98 Å². The van der Waals surface area contributed by atoms with Crippen molar-refractivity contribution in [3.63, 3.8) is 0 Å². The topological polar surface area (TPSA) is 44.1 Å². The Labute approximate surface area is 116 Å². The molecule has 0 bridgehead atoms. The van der Waals surface area contributed by atoms with Gasteiger partial charge in [-0.15, -0.1) is 0 Å². The Morgan fingerprint density at radius 1 is 1.05 bits per heavy atom. The van der Waals surface area contributed by atoms with E-state index in [4.69, 9.17) is 4.74 Å². The quantitative estimate of drug-likeness (QED) is 0.728. The van der Waals surface area contributed by atoms with Gasteiger partial charge < -0.3 is 4.74 Å².